The first kappa shape index (κ1) is 22.0. The predicted molar refractivity (Wildman–Crippen MR) is 122 cm³/mol. The molecule has 6 heteroatoms. The normalized spacial score (nSPS) is 11.1. The number of rotatable bonds is 7. The first-order valence-electron chi connectivity index (χ1n) is 10.2. The number of anilines is 1. The van der Waals surface area contributed by atoms with E-state index in [9.17, 15) is 9.59 Å². The van der Waals surface area contributed by atoms with E-state index in [-0.39, 0.29) is 18.6 Å². The molecule has 0 bridgehead atoms. The third-order valence-electron chi connectivity index (χ3n) is 4.89. The molecular formula is C25H27N3O3. The van der Waals surface area contributed by atoms with E-state index in [2.05, 4.69) is 5.10 Å². The molecular weight excluding hydrogens is 390 g/mol. The van der Waals surface area contributed by atoms with Crippen molar-refractivity contribution in [3.8, 4) is 5.69 Å². The number of aromatic nitrogens is 2. The number of carbonyl (C=O) groups is 2. The van der Waals surface area contributed by atoms with E-state index in [0.29, 0.717) is 0 Å². The van der Waals surface area contributed by atoms with Gasteiger partial charge in [0.1, 0.15) is 0 Å². The Morgan fingerprint density at radius 2 is 1.65 bits per heavy atom. The van der Waals surface area contributed by atoms with Crippen molar-refractivity contribution in [1.82, 2.24) is 9.78 Å². The minimum atomic E-state index is -0.573. The number of benzene rings is 2. The van der Waals surface area contributed by atoms with Gasteiger partial charge in [-0.2, -0.15) is 5.10 Å². The lowest BCUT2D eigenvalue weighted by Gasteiger charge is -2.26. The van der Waals surface area contributed by atoms with Crippen LogP contribution in [0.4, 0.5) is 5.69 Å². The summed E-state index contributed by atoms with van der Waals surface area (Å²) in [4.78, 5) is 26.5. The molecule has 3 aromatic rings. The second-order valence-corrected chi connectivity index (χ2v) is 7.47. The van der Waals surface area contributed by atoms with E-state index in [1.54, 1.807) is 11.0 Å². The number of nitrogens with zero attached hydrogens (tertiary/aromatic N) is 3. The zero-order valence-corrected chi connectivity index (χ0v) is 18.3. The lowest BCUT2D eigenvalue weighted by molar-refractivity contribution is -0.143. The molecule has 1 amide bonds. The molecule has 0 aliphatic carbocycles. The maximum Gasteiger partial charge on any atom is 0.331 e. The zero-order chi connectivity index (χ0) is 22.4. The number of amides is 1. The summed E-state index contributed by atoms with van der Waals surface area (Å²) in [5.41, 5.74) is 4.29. The number of ether oxygens (including phenoxy) is 1. The molecule has 0 radical (unpaired) electrons. The largest absolute Gasteiger partial charge is 0.452 e. The highest BCUT2D eigenvalue weighted by atomic mass is 16.5. The molecule has 0 spiro atoms. The highest BCUT2D eigenvalue weighted by Gasteiger charge is 2.20. The van der Waals surface area contributed by atoms with Gasteiger partial charge in [0.05, 0.1) is 11.4 Å². The van der Waals surface area contributed by atoms with Crippen molar-refractivity contribution >= 4 is 23.6 Å². The van der Waals surface area contributed by atoms with Crippen LogP contribution in [0.1, 0.15) is 30.8 Å². The molecule has 6 nitrogen and oxygen atoms in total. The van der Waals surface area contributed by atoms with E-state index in [4.69, 9.17) is 4.74 Å². The highest BCUT2D eigenvalue weighted by molar-refractivity contribution is 5.97. The van der Waals surface area contributed by atoms with Crippen LogP contribution < -0.4 is 4.90 Å². The Balaban J connectivity index is 1.66. The number of hydrogen-bond acceptors (Lipinski definition) is 4. The molecule has 0 aliphatic rings. The maximum absolute atomic E-state index is 12.6. The third-order valence-corrected chi connectivity index (χ3v) is 4.89. The van der Waals surface area contributed by atoms with Crippen LogP contribution in [0.15, 0.2) is 66.7 Å². The highest BCUT2D eigenvalue weighted by Crippen LogP contribution is 2.19. The van der Waals surface area contributed by atoms with Crippen molar-refractivity contribution < 1.29 is 14.3 Å². The molecule has 0 atom stereocenters. The Bertz CT molecular complexity index is 1070. The van der Waals surface area contributed by atoms with Crippen molar-refractivity contribution in [2.45, 2.75) is 33.7 Å². The van der Waals surface area contributed by atoms with Gasteiger partial charge in [0, 0.05) is 29.1 Å². The van der Waals surface area contributed by atoms with Crippen LogP contribution in [0.5, 0.6) is 0 Å². The van der Waals surface area contributed by atoms with Gasteiger partial charge in [-0.1, -0.05) is 36.4 Å². The predicted octanol–water partition coefficient (Wildman–Crippen LogP) is 4.49. The summed E-state index contributed by atoms with van der Waals surface area (Å²) in [7, 11) is 0. The molecule has 3 rings (SSSR count). The SMILES string of the molecule is Cc1nn(-c2ccccc2)c(C)c1/C=C/C(=O)OCC(=O)N(c1ccccc1)C(C)C. The maximum atomic E-state index is 12.6. The van der Waals surface area contributed by atoms with Gasteiger partial charge in [-0.05, 0) is 58.0 Å². The van der Waals surface area contributed by atoms with E-state index >= 15 is 0 Å². The summed E-state index contributed by atoms with van der Waals surface area (Å²) in [5.74, 6) is -0.844. The van der Waals surface area contributed by atoms with Gasteiger partial charge in [-0.15, -0.1) is 0 Å². The quantitative estimate of drug-likeness (QED) is 0.420. The number of esters is 1. The Kier molecular flexibility index (Phi) is 7.03. The third kappa shape index (κ3) is 5.28. The Labute approximate surface area is 182 Å². The molecule has 0 aliphatic heterocycles. The van der Waals surface area contributed by atoms with Crippen molar-refractivity contribution in [1.29, 1.82) is 0 Å². The monoisotopic (exact) mass is 417 g/mol. The van der Waals surface area contributed by atoms with Crippen LogP contribution in [0.25, 0.3) is 11.8 Å². The molecule has 160 valence electrons. The van der Waals surface area contributed by atoms with Gasteiger partial charge in [0.2, 0.25) is 0 Å². The minimum Gasteiger partial charge on any atom is -0.452 e. The van der Waals surface area contributed by atoms with E-state index in [0.717, 1.165) is 28.3 Å². The zero-order valence-electron chi connectivity index (χ0n) is 18.3. The van der Waals surface area contributed by atoms with Crippen molar-refractivity contribution in [2.24, 2.45) is 0 Å². The summed E-state index contributed by atoms with van der Waals surface area (Å²) in [5, 5.41) is 4.56. The summed E-state index contributed by atoms with van der Waals surface area (Å²) < 4.78 is 7.04. The van der Waals surface area contributed by atoms with Crippen LogP contribution in [0.3, 0.4) is 0 Å². The van der Waals surface area contributed by atoms with E-state index < -0.39 is 5.97 Å². The number of hydrogen-bond donors (Lipinski definition) is 0. The summed E-state index contributed by atoms with van der Waals surface area (Å²) in [6.07, 6.45) is 3.02. The average Bonchev–Trinajstić information content (AvgIpc) is 3.05. The lowest BCUT2D eigenvalue weighted by atomic mass is 10.2. The second kappa shape index (κ2) is 9.89. The summed E-state index contributed by atoms with van der Waals surface area (Å²) >= 11 is 0. The van der Waals surface area contributed by atoms with Crippen LogP contribution in [0.2, 0.25) is 0 Å². The molecule has 0 N–H and O–H groups in total. The van der Waals surface area contributed by atoms with Crippen molar-refractivity contribution in [2.75, 3.05) is 11.5 Å². The average molecular weight is 418 g/mol. The van der Waals surface area contributed by atoms with Crippen LogP contribution in [0, 0.1) is 13.8 Å². The van der Waals surface area contributed by atoms with Crippen LogP contribution in [-0.2, 0) is 14.3 Å². The summed E-state index contributed by atoms with van der Waals surface area (Å²) in [6.45, 7) is 7.35. The van der Waals surface area contributed by atoms with Gasteiger partial charge in [0.15, 0.2) is 6.61 Å². The molecule has 31 heavy (non-hydrogen) atoms. The van der Waals surface area contributed by atoms with Gasteiger partial charge >= 0.3 is 5.97 Å². The lowest BCUT2D eigenvalue weighted by Crippen LogP contribution is -2.39. The molecule has 1 heterocycles. The van der Waals surface area contributed by atoms with Gasteiger partial charge in [-0.3, -0.25) is 4.79 Å². The van der Waals surface area contributed by atoms with Crippen molar-refractivity contribution in [3.63, 3.8) is 0 Å². The van der Waals surface area contributed by atoms with Gasteiger partial charge in [0.25, 0.3) is 5.91 Å². The fourth-order valence-electron chi connectivity index (χ4n) is 3.44. The first-order chi connectivity index (χ1) is 14.9. The topological polar surface area (TPSA) is 64.4 Å². The van der Waals surface area contributed by atoms with Gasteiger partial charge < -0.3 is 9.64 Å². The van der Waals surface area contributed by atoms with Crippen LogP contribution >= 0.6 is 0 Å². The van der Waals surface area contributed by atoms with Gasteiger partial charge in [-0.25, -0.2) is 9.48 Å². The molecule has 0 saturated heterocycles. The molecule has 2 aromatic carbocycles. The molecule has 0 unspecified atom stereocenters. The van der Waals surface area contributed by atoms with Crippen molar-refractivity contribution in [3.05, 3.63) is 83.7 Å². The smallest absolute Gasteiger partial charge is 0.331 e. The van der Waals surface area contributed by atoms with E-state index in [1.165, 1.54) is 6.08 Å². The minimum absolute atomic E-state index is 0.0572. The fourth-order valence-corrected chi connectivity index (χ4v) is 3.44. The first-order valence-corrected chi connectivity index (χ1v) is 10.2. The van der Waals surface area contributed by atoms with Crippen LogP contribution in [-0.4, -0.2) is 34.3 Å². The fraction of sp³-hybridized carbons (Fsp3) is 0.240. The standard InChI is InChI=1S/C25H27N3O3/c1-18(2)27(21-11-7-5-8-12-21)24(29)17-31-25(30)16-15-23-19(3)26-28(20(23)4)22-13-9-6-10-14-22/h5-16,18H,17H2,1-4H3/b16-15+. The Morgan fingerprint density at radius 3 is 2.26 bits per heavy atom. The Morgan fingerprint density at radius 1 is 1.03 bits per heavy atom. The molecule has 0 saturated carbocycles. The second-order valence-electron chi connectivity index (χ2n) is 7.47. The Hall–Kier alpha value is -3.67. The van der Waals surface area contributed by atoms with E-state index in [1.807, 2.05) is 93.0 Å². The summed E-state index contributed by atoms with van der Waals surface area (Å²) in [6, 6.07) is 19.1. The number of carbonyl (C=O) groups excluding carboxylic acids is 2. The number of aryl methyl sites for hydroxylation is 1. The molecule has 0 fully saturated rings. The molecule has 1 aromatic heterocycles. The number of para-hydroxylation sites is 2.